The third-order valence-corrected chi connectivity index (χ3v) is 3.14. The van der Waals surface area contributed by atoms with Crippen LogP contribution in [-0.4, -0.2) is 15.6 Å². The summed E-state index contributed by atoms with van der Waals surface area (Å²) in [5.74, 6) is 0.374. The number of aromatic nitrogens is 2. The number of hydrogen-bond acceptors (Lipinski definition) is 3. The van der Waals surface area contributed by atoms with Crippen LogP contribution in [0.5, 0.6) is 0 Å². The predicted molar refractivity (Wildman–Crippen MR) is 72.2 cm³/mol. The molecule has 0 atom stereocenters. The Labute approximate surface area is 110 Å². The second kappa shape index (κ2) is 4.39. The van der Waals surface area contributed by atoms with Gasteiger partial charge in [0.1, 0.15) is 5.58 Å². The molecule has 2 aromatic heterocycles. The van der Waals surface area contributed by atoms with Crippen LogP contribution in [0.2, 0.25) is 0 Å². The summed E-state index contributed by atoms with van der Waals surface area (Å²) in [6.45, 7) is 1.91. The second-order valence-corrected chi connectivity index (χ2v) is 4.65. The molecule has 0 N–H and O–H groups in total. The van der Waals surface area contributed by atoms with Crippen molar-refractivity contribution in [3.8, 4) is 0 Å². The molecule has 0 aliphatic rings. The Balaban J connectivity index is 1.89. The highest BCUT2D eigenvalue weighted by molar-refractivity contribution is 5.98. The van der Waals surface area contributed by atoms with E-state index in [1.807, 2.05) is 44.3 Å². The van der Waals surface area contributed by atoms with Crippen molar-refractivity contribution in [2.24, 2.45) is 7.05 Å². The zero-order chi connectivity index (χ0) is 13.4. The van der Waals surface area contributed by atoms with Gasteiger partial charge < -0.3 is 4.42 Å². The standard InChI is InChI=1S/C15H14N2O2/c1-10-7-12(17(2)16-10)9-13(18)15-8-11-5-3-4-6-14(11)19-15/h3-8H,9H2,1-2H3. The molecule has 3 rings (SSSR count). The topological polar surface area (TPSA) is 48.0 Å². The molecule has 0 amide bonds. The summed E-state index contributed by atoms with van der Waals surface area (Å²) >= 11 is 0. The van der Waals surface area contributed by atoms with E-state index < -0.39 is 0 Å². The van der Waals surface area contributed by atoms with Gasteiger partial charge in [0.25, 0.3) is 0 Å². The minimum atomic E-state index is -0.0285. The van der Waals surface area contributed by atoms with Crippen molar-refractivity contribution in [1.82, 2.24) is 9.78 Å². The van der Waals surface area contributed by atoms with Crippen molar-refractivity contribution in [2.45, 2.75) is 13.3 Å². The average Bonchev–Trinajstić information content (AvgIpc) is 2.93. The molecule has 4 heteroatoms. The number of fused-ring (bicyclic) bond motifs is 1. The lowest BCUT2D eigenvalue weighted by Crippen LogP contribution is -2.06. The molecular weight excluding hydrogens is 240 g/mol. The Bertz CT molecular complexity index is 719. The van der Waals surface area contributed by atoms with Crippen molar-refractivity contribution in [2.75, 3.05) is 0 Å². The van der Waals surface area contributed by atoms with Crippen LogP contribution < -0.4 is 0 Å². The molecule has 19 heavy (non-hydrogen) atoms. The number of nitrogens with zero attached hydrogens (tertiary/aromatic N) is 2. The highest BCUT2D eigenvalue weighted by Gasteiger charge is 2.15. The van der Waals surface area contributed by atoms with Crippen LogP contribution in [0.3, 0.4) is 0 Å². The van der Waals surface area contributed by atoms with E-state index in [1.54, 1.807) is 10.7 Å². The SMILES string of the molecule is Cc1cc(CC(=O)c2cc3ccccc3o2)n(C)n1. The van der Waals surface area contributed by atoms with E-state index in [0.717, 1.165) is 22.4 Å². The number of hydrogen-bond donors (Lipinski definition) is 0. The quantitative estimate of drug-likeness (QED) is 0.675. The monoisotopic (exact) mass is 254 g/mol. The van der Waals surface area contributed by atoms with E-state index in [9.17, 15) is 4.79 Å². The van der Waals surface area contributed by atoms with Gasteiger partial charge in [-0.2, -0.15) is 5.10 Å². The summed E-state index contributed by atoms with van der Waals surface area (Å²) in [4.78, 5) is 12.2. The van der Waals surface area contributed by atoms with Gasteiger partial charge in [-0.1, -0.05) is 18.2 Å². The molecule has 4 nitrogen and oxygen atoms in total. The Morgan fingerprint density at radius 3 is 2.79 bits per heavy atom. The van der Waals surface area contributed by atoms with Crippen LogP contribution in [0.4, 0.5) is 0 Å². The van der Waals surface area contributed by atoms with Gasteiger partial charge in [-0.15, -0.1) is 0 Å². The molecule has 1 aromatic carbocycles. The second-order valence-electron chi connectivity index (χ2n) is 4.65. The molecule has 0 spiro atoms. The largest absolute Gasteiger partial charge is 0.453 e. The number of furan rings is 1. The normalized spacial score (nSPS) is 11.1. The van der Waals surface area contributed by atoms with Crippen LogP contribution in [0, 0.1) is 6.92 Å². The van der Waals surface area contributed by atoms with E-state index in [2.05, 4.69) is 5.10 Å². The summed E-state index contributed by atoms with van der Waals surface area (Å²) in [7, 11) is 1.84. The van der Waals surface area contributed by atoms with Crippen LogP contribution >= 0.6 is 0 Å². The molecule has 0 aliphatic carbocycles. The lowest BCUT2D eigenvalue weighted by molar-refractivity contribution is 0.0966. The fourth-order valence-corrected chi connectivity index (χ4v) is 2.20. The molecule has 0 saturated carbocycles. The van der Waals surface area contributed by atoms with Crippen molar-refractivity contribution in [3.05, 3.63) is 53.5 Å². The third-order valence-electron chi connectivity index (χ3n) is 3.14. The molecule has 0 radical (unpaired) electrons. The molecule has 2 heterocycles. The zero-order valence-corrected chi connectivity index (χ0v) is 10.9. The first kappa shape index (κ1) is 11.7. The van der Waals surface area contributed by atoms with E-state index >= 15 is 0 Å². The van der Waals surface area contributed by atoms with Gasteiger partial charge in [-0.25, -0.2) is 0 Å². The minimum Gasteiger partial charge on any atom is -0.453 e. The summed E-state index contributed by atoms with van der Waals surface area (Å²) in [5, 5.41) is 5.19. The van der Waals surface area contributed by atoms with E-state index in [4.69, 9.17) is 4.42 Å². The number of benzene rings is 1. The van der Waals surface area contributed by atoms with Crippen LogP contribution in [-0.2, 0) is 13.5 Å². The molecule has 0 aliphatic heterocycles. The molecule has 0 unspecified atom stereocenters. The number of carbonyl (C=O) groups is 1. The number of para-hydroxylation sites is 1. The van der Waals surface area contributed by atoms with E-state index in [0.29, 0.717) is 12.2 Å². The van der Waals surface area contributed by atoms with E-state index in [-0.39, 0.29) is 5.78 Å². The molecule has 96 valence electrons. The minimum absolute atomic E-state index is 0.0285. The van der Waals surface area contributed by atoms with Crippen LogP contribution in [0.1, 0.15) is 21.9 Å². The van der Waals surface area contributed by atoms with E-state index in [1.165, 1.54) is 0 Å². The predicted octanol–water partition coefficient (Wildman–Crippen LogP) is 2.90. The van der Waals surface area contributed by atoms with Gasteiger partial charge in [-0.05, 0) is 25.1 Å². The van der Waals surface area contributed by atoms with Gasteiger partial charge in [0.05, 0.1) is 12.1 Å². The molecular formula is C15H14N2O2. The number of Topliss-reactive ketones (excluding diaryl/α,β-unsaturated/α-hetero) is 1. The molecule has 0 bridgehead atoms. The zero-order valence-electron chi connectivity index (χ0n) is 10.9. The fourth-order valence-electron chi connectivity index (χ4n) is 2.20. The average molecular weight is 254 g/mol. The van der Waals surface area contributed by atoms with Crippen molar-refractivity contribution >= 4 is 16.8 Å². The highest BCUT2D eigenvalue weighted by Crippen LogP contribution is 2.20. The lowest BCUT2D eigenvalue weighted by Gasteiger charge is -1.98. The number of rotatable bonds is 3. The molecule has 3 aromatic rings. The van der Waals surface area contributed by atoms with Crippen LogP contribution in [0.25, 0.3) is 11.0 Å². The van der Waals surface area contributed by atoms with Crippen LogP contribution in [0.15, 0.2) is 40.8 Å². The maximum atomic E-state index is 12.2. The van der Waals surface area contributed by atoms with Gasteiger partial charge in [-0.3, -0.25) is 9.48 Å². The summed E-state index contributed by atoms with van der Waals surface area (Å²) < 4.78 is 7.30. The smallest absolute Gasteiger partial charge is 0.203 e. The van der Waals surface area contributed by atoms with Gasteiger partial charge in [0, 0.05) is 18.1 Å². The maximum absolute atomic E-state index is 12.2. The Morgan fingerprint density at radius 1 is 1.32 bits per heavy atom. The number of aryl methyl sites for hydroxylation is 2. The van der Waals surface area contributed by atoms with Crippen molar-refractivity contribution < 1.29 is 9.21 Å². The number of ketones is 1. The summed E-state index contributed by atoms with van der Waals surface area (Å²) in [5.41, 5.74) is 2.55. The first-order valence-electron chi connectivity index (χ1n) is 6.15. The van der Waals surface area contributed by atoms with Gasteiger partial charge in [0.15, 0.2) is 5.76 Å². The van der Waals surface area contributed by atoms with Crippen molar-refractivity contribution in [1.29, 1.82) is 0 Å². The molecule has 0 fully saturated rings. The summed E-state index contributed by atoms with van der Waals surface area (Å²) in [6.07, 6.45) is 0.303. The fraction of sp³-hybridized carbons (Fsp3) is 0.200. The van der Waals surface area contributed by atoms with Gasteiger partial charge in [0.2, 0.25) is 5.78 Å². The first-order valence-corrected chi connectivity index (χ1v) is 6.15. The third kappa shape index (κ3) is 2.17. The number of carbonyl (C=O) groups excluding carboxylic acids is 1. The van der Waals surface area contributed by atoms with Crippen molar-refractivity contribution in [3.63, 3.8) is 0 Å². The Morgan fingerprint density at radius 2 is 2.11 bits per heavy atom. The Hall–Kier alpha value is -2.36. The summed E-state index contributed by atoms with van der Waals surface area (Å²) in [6, 6.07) is 11.3. The maximum Gasteiger partial charge on any atom is 0.203 e. The van der Waals surface area contributed by atoms with Gasteiger partial charge >= 0.3 is 0 Å². The molecule has 0 saturated heterocycles. The highest BCUT2D eigenvalue weighted by atomic mass is 16.3. The first-order chi connectivity index (χ1) is 9.13. The lowest BCUT2D eigenvalue weighted by atomic mass is 10.1. The Kier molecular flexibility index (Phi) is 2.71.